The smallest absolute Gasteiger partial charge is 0.185 e. The molecule has 7 atom stereocenters. The van der Waals surface area contributed by atoms with Crippen LogP contribution >= 0.6 is 34.8 Å². The van der Waals surface area contributed by atoms with Gasteiger partial charge in [0.05, 0.1) is 13.2 Å². The maximum Gasteiger partial charge on any atom is 0.185 e. The van der Waals surface area contributed by atoms with Gasteiger partial charge in [0.2, 0.25) is 0 Å². The molecule has 188 valence electrons. The lowest BCUT2D eigenvalue weighted by molar-refractivity contribution is -0.304. The number of halogens is 3. The molecule has 0 N–H and O–H groups in total. The summed E-state index contributed by atoms with van der Waals surface area (Å²) in [6.45, 7) is 0.355. The summed E-state index contributed by atoms with van der Waals surface area (Å²) in [5, 5.41) is 1.78. The van der Waals surface area contributed by atoms with Crippen molar-refractivity contribution in [3.05, 3.63) is 105 Å². The molecule has 3 aliphatic rings. The third-order valence-electron chi connectivity index (χ3n) is 6.40. The summed E-state index contributed by atoms with van der Waals surface area (Å²) in [5.74, 6) is 0. The van der Waals surface area contributed by atoms with Crippen LogP contribution in [0, 0.1) is 0 Å². The highest BCUT2D eigenvalue weighted by molar-refractivity contribution is 6.31. The van der Waals surface area contributed by atoms with Gasteiger partial charge in [0, 0.05) is 31.8 Å². The number of benzene rings is 3. The van der Waals surface area contributed by atoms with E-state index in [9.17, 15) is 0 Å². The highest BCUT2D eigenvalue weighted by Gasteiger charge is 2.51. The molecule has 3 aliphatic heterocycles. The van der Waals surface area contributed by atoms with E-state index in [1.165, 1.54) is 0 Å². The third-order valence-corrected chi connectivity index (χ3v) is 7.11. The lowest BCUT2D eigenvalue weighted by atomic mass is 10.0. The van der Waals surface area contributed by atoms with Gasteiger partial charge >= 0.3 is 0 Å². The van der Waals surface area contributed by atoms with Crippen LogP contribution in [-0.4, -0.2) is 37.6 Å². The molecule has 6 nitrogen and oxygen atoms in total. The summed E-state index contributed by atoms with van der Waals surface area (Å²) in [5.41, 5.74) is 2.40. The summed E-state index contributed by atoms with van der Waals surface area (Å²) in [6.07, 6.45) is -3.97. The minimum absolute atomic E-state index is 0.178. The summed E-state index contributed by atoms with van der Waals surface area (Å²) in [7, 11) is 0. The number of rotatable bonds is 3. The Morgan fingerprint density at radius 3 is 1.28 bits per heavy atom. The van der Waals surface area contributed by atoms with Gasteiger partial charge in [-0.25, -0.2) is 0 Å². The molecule has 3 aromatic rings. The first kappa shape index (κ1) is 24.6. The lowest BCUT2D eigenvalue weighted by Crippen LogP contribution is -2.53. The van der Waals surface area contributed by atoms with E-state index in [2.05, 4.69) is 0 Å². The van der Waals surface area contributed by atoms with Crippen LogP contribution < -0.4 is 0 Å². The van der Waals surface area contributed by atoms with Crippen molar-refractivity contribution in [1.29, 1.82) is 0 Å². The van der Waals surface area contributed by atoms with Gasteiger partial charge in [0.15, 0.2) is 18.9 Å². The zero-order chi connectivity index (χ0) is 24.6. The Morgan fingerprint density at radius 2 is 0.889 bits per heavy atom. The molecule has 0 amide bonds. The zero-order valence-electron chi connectivity index (χ0n) is 19.0. The maximum atomic E-state index is 6.47. The quantitative estimate of drug-likeness (QED) is 0.364. The number of ether oxygens (including phenoxy) is 6. The van der Waals surface area contributed by atoms with E-state index in [4.69, 9.17) is 63.2 Å². The molecule has 3 unspecified atom stereocenters. The molecule has 3 heterocycles. The fourth-order valence-electron chi connectivity index (χ4n) is 4.72. The van der Waals surface area contributed by atoms with Gasteiger partial charge < -0.3 is 28.4 Å². The lowest BCUT2D eigenvalue weighted by Gasteiger charge is -2.40. The van der Waals surface area contributed by atoms with E-state index >= 15 is 0 Å². The van der Waals surface area contributed by atoms with Crippen molar-refractivity contribution < 1.29 is 28.4 Å². The van der Waals surface area contributed by atoms with Crippen molar-refractivity contribution in [1.82, 2.24) is 0 Å². The fourth-order valence-corrected chi connectivity index (χ4v) is 5.32. The van der Waals surface area contributed by atoms with Crippen LogP contribution in [0.5, 0.6) is 0 Å². The van der Waals surface area contributed by atoms with Crippen LogP contribution in [-0.2, 0) is 28.4 Å². The highest BCUT2D eigenvalue weighted by Crippen LogP contribution is 2.42. The molecule has 3 aromatic carbocycles. The van der Waals surface area contributed by atoms with Crippen molar-refractivity contribution in [3.8, 4) is 0 Å². The first-order chi connectivity index (χ1) is 17.5. The monoisotopic (exact) mass is 548 g/mol. The van der Waals surface area contributed by atoms with Crippen LogP contribution in [0.25, 0.3) is 0 Å². The molecule has 6 rings (SSSR count). The van der Waals surface area contributed by atoms with Gasteiger partial charge in [-0.05, 0) is 36.4 Å². The summed E-state index contributed by atoms with van der Waals surface area (Å²) in [6, 6.07) is 22.2. The Hall–Kier alpha value is -1.71. The molecule has 0 radical (unpaired) electrons. The van der Waals surface area contributed by atoms with Gasteiger partial charge in [0.25, 0.3) is 0 Å². The molecule has 3 saturated heterocycles. The molecule has 0 aromatic heterocycles. The summed E-state index contributed by atoms with van der Waals surface area (Å²) < 4.78 is 38.2. The predicted octanol–water partition coefficient (Wildman–Crippen LogP) is 6.66. The van der Waals surface area contributed by atoms with E-state index < -0.39 is 43.3 Å². The number of hydrogen-bond acceptors (Lipinski definition) is 6. The Bertz CT molecular complexity index is 1150. The van der Waals surface area contributed by atoms with Gasteiger partial charge in [-0.3, -0.25) is 0 Å². The molecule has 0 saturated carbocycles. The fraction of sp³-hybridized carbons (Fsp3) is 0.333. The normalized spacial score (nSPS) is 32.2. The van der Waals surface area contributed by atoms with Crippen molar-refractivity contribution in [2.24, 2.45) is 0 Å². The minimum atomic E-state index is -0.680. The maximum absolute atomic E-state index is 6.47. The molecular formula is C27H23Cl3O6. The van der Waals surface area contributed by atoms with Gasteiger partial charge in [-0.1, -0.05) is 71.2 Å². The second-order valence-electron chi connectivity index (χ2n) is 8.88. The summed E-state index contributed by atoms with van der Waals surface area (Å²) >= 11 is 18.7. The molecule has 2 bridgehead atoms. The Kier molecular flexibility index (Phi) is 7.23. The summed E-state index contributed by atoms with van der Waals surface area (Å²) in [4.78, 5) is 0. The van der Waals surface area contributed by atoms with Crippen molar-refractivity contribution in [2.75, 3.05) is 13.2 Å². The van der Waals surface area contributed by atoms with Crippen LogP contribution in [0.2, 0.25) is 15.1 Å². The van der Waals surface area contributed by atoms with Crippen LogP contribution in [0.15, 0.2) is 72.8 Å². The molecular weight excluding hydrogens is 527 g/mol. The van der Waals surface area contributed by atoms with E-state index in [1.54, 1.807) is 12.1 Å². The minimum Gasteiger partial charge on any atom is -0.346 e. The predicted molar refractivity (Wildman–Crippen MR) is 134 cm³/mol. The number of hydrogen-bond donors (Lipinski definition) is 0. The second-order valence-corrected chi connectivity index (χ2v) is 10.2. The van der Waals surface area contributed by atoms with Crippen molar-refractivity contribution in [2.45, 2.75) is 43.3 Å². The standard InChI is InChI=1S/C27H23Cl3O6/c28-18-7-1-4-15(10-18)25-31-13-22-24-23(35-27(36-24)17-6-3-9-20(30)12-17)21(33-25)14-32-26(34-22)16-5-2-8-19(29)11-16/h1-12,21-27H,13-14H2/t21-,22+,23-,24-,25?,26?,27?/m0/s1. The average molecular weight is 550 g/mol. The van der Waals surface area contributed by atoms with E-state index in [-0.39, 0.29) is 13.2 Å². The van der Waals surface area contributed by atoms with Gasteiger partial charge in [-0.2, -0.15) is 0 Å². The molecule has 0 aliphatic carbocycles. The molecule has 9 heteroatoms. The average Bonchev–Trinajstić information content (AvgIpc) is 3.29. The second kappa shape index (κ2) is 10.6. The van der Waals surface area contributed by atoms with E-state index in [1.807, 2.05) is 60.7 Å². The van der Waals surface area contributed by atoms with Gasteiger partial charge in [0.1, 0.15) is 24.4 Å². The van der Waals surface area contributed by atoms with E-state index in [0.29, 0.717) is 15.1 Å². The van der Waals surface area contributed by atoms with E-state index in [0.717, 1.165) is 16.7 Å². The first-order valence-corrected chi connectivity index (χ1v) is 12.8. The van der Waals surface area contributed by atoms with Crippen LogP contribution in [0.1, 0.15) is 35.6 Å². The topological polar surface area (TPSA) is 55.4 Å². The molecule has 36 heavy (non-hydrogen) atoms. The molecule has 3 fully saturated rings. The van der Waals surface area contributed by atoms with Crippen molar-refractivity contribution >= 4 is 34.8 Å². The Labute approximate surface area is 223 Å². The molecule has 0 spiro atoms. The van der Waals surface area contributed by atoms with Crippen LogP contribution in [0.3, 0.4) is 0 Å². The van der Waals surface area contributed by atoms with Gasteiger partial charge in [-0.15, -0.1) is 0 Å². The first-order valence-electron chi connectivity index (χ1n) is 11.6. The SMILES string of the molecule is Clc1cccc(C2O[C@@H]3[C@@H](O2)[C@H]2COC(c4cccc(Cl)c4)O[C@H]3COC(c3cccc(Cl)c3)O2)c1. The van der Waals surface area contributed by atoms with Crippen LogP contribution in [0.4, 0.5) is 0 Å². The Balaban J connectivity index is 1.34. The third kappa shape index (κ3) is 5.16. The zero-order valence-corrected chi connectivity index (χ0v) is 21.2. The Morgan fingerprint density at radius 1 is 0.500 bits per heavy atom. The largest absolute Gasteiger partial charge is 0.346 e. The highest BCUT2D eigenvalue weighted by atomic mass is 35.5. The van der Waals surface area contributed by atoms with Crippen molar-refractivity contribution in [3.63, 3.8) is 0 Å².